The lowest BCUT2D eigenvalue weighted by Crippen LogP contribution is -2.63. The van der Waals surface area contributed by atoms with E-state index in [2.05, 4.69) is 4.98 Å². The highest BCUT2D eigenvalue weighted by Gasteiger charge is 2.41. The molecule has 1 fully saturated rings. The van der Waals surface area contributed by atoms with Gasteiger partial charge in [-0.3, -0.25) is 9.78 Å². The lowest BCUT2D eigenvalue weighted by molar-refractivity contribution is -0.155. The summed E-state index contributed by atoms with van der Waals surface area (Å²) in [4.78, 5) is 17.7. The number of aliphatic hydroxyl groups is 1. The van der Waals surface area contributed by atoms with E-state index in [4.69, 9.17) is 0 Å². The number of hydrogen-bond acceptors (Lipinski definition) is 3. The molecule has 1 amide bonds. The standard InChI is InChI=1S/C13H18N2O2/c1-2-13(17)9-15(10-13)12(16)7-6-11-5-3-4-8-14-11/h3-5,8,17H,2,6-7,9-10H2,1H3. The first-order valence-electron chi connectivity index (χ1n) is 6.03. The molecule has 0 saturated carbocycles. The van der Waals surface area contributed by atoms with Gasteiger partial charge in [-0.2, -0.15) is 0 Å². The van der Waals surface area contributed by atoms with Crippen molar-refractivity contribution in [2.24, 2.45) is 0 Å². The predicted octanol–water partition coefficient (Wildman–Crippen LogP) is 0.997. The van der Waals surface area contributed by atoms with E-state index < -0.39 is 5.60 Å². The Hall–Kier alpha value is -1.42. The first-order chi connectivity index (χ1) is 8.13. The van der Waals surface area contributed by atoms with Gasteiger partial charge in [-0.25, -0.2) is 0 Å². The van der Waals surface area contributed by atoms with Crippen molar-refractivity contribution in [2.45, 2.75) is 31.8 Å². The SMILES string of the molecule is CCC1(O)CN(C(=O)CCc2ccccn2)C1. The van der Waals surface area contributed by atoms with Crippen molar-refractivity contribution in [3.8, 4) is 0 Å². The zero-order valence-corrected chi connectivity index (χ0v) is 10.1. The van der Waals surface area contributed by atoms with E-state index in [0.717, 1.165) is 5.69 Å². The maximum Gasteiger partial charge on any atom is 0.223 e. The largest absolute Gasteiger partial charge is 0.386 e. The van der Waals surface area contributed by atoms with Gasteiger partial charge >= 0.3 is 0 Å². The van der Waals surface area contributed by atoms with Crippen molar-refractivity contribution in [3.05, 3.63) is 30.1 Å². The fourth-order valence-electron chi connectivity index (χ4n) is 2.00. The van der Waals surface area contributed by atoms with Crippen LogP contribution in [0.4, 0.5) is 0 Å². The van der Waals surface area contributed by atoms with Crippen LogP contribution < -0.4 is 0 Å². The van der Waals surface area contributed by atoms with Crippen molar-refractivity contribution in [3.63, 3.8) is 0 Å². The van der Waals surface area contributed by atoms with Crippen molar-refractivity contribution in [1.82, 2.24) is 9.88 Å². The minimum absolute atomic E-state index is 0.105. The molecule has 92 valence electrons. The molecule has 4 nitrogen and oxygen atoms in total. The molecule has 0 bridgehead atoms. The second-order valence-corrected chi connectivity index (χ2v) is 4.65. The zero-order valence-electron chi connectivity index (χ0n) is 10.1. The topological polar surface area (TPSA) is 53.4 Å². The maximum atomic E-state index is 11.8. The number of aromatic nitrogens is 1. The summed E-state index contributed by atoms with van der Waals surface area (Å²) < 4.78 is 0. The Kier molecular flexibility index (Phi) is 3.43. The van der Waals surface area contributed by atoms with Gasteiger partial charge in [0, 0.05) is 18.3 Å². The number of hydrogen-bond donors (Lipinski definition) is 1. The molecular weight excluding hydrogens is 216 g/mol. The van der Waals surface area contributed by atoms with E-state index in [0.29, 0.717) is 32.4 Å². The summed E-state index contributed by atoms with van der Waals surface area (Å²) in [5.74, 6) is 0.105. The van der Waals surface area contributed by atoms with Gasteiger partial charge in [0.2, 0.25) is 5.91 Å². The smallest absolute Gasteiger partial charge is 0.223 e. The van der Waals surface area contributed by atoms with Crippen molar-refractivity contribution < 1.29 is 9.90 Å². The van der Waals surface area contributed by atoms with E-state index in [1.54, 1.807) is 11.1 Å². The maximum absolute atomic E-state index is 11.8. The third kappa shape index (κ3) is 2.82. The lowest BCUT2D eigenvalue weighted by atomic mass is 9.91. The summed E-state index contributed by atoms with van der Waals surface area (Å²) in [5, 5.41) is 9.82. The van der Waals surface area contributed by atoms with Crippen LogP contribution in [0.5, 0.6) is 0 Å². The number of likely N-dealkylation sites (tertiary alicyclic amines) is 1. The Bertz CT molecular complexity index is 386. The molecular formula is C13H18N2O2. The van der Waals surface area contributed by atoms with E-state index in [1.165, 1.54) is 0 Å². The molecule has 1 N–H and O–H groups in total. The number of rotatable bonds is 4. The van der Waals surface area contributed by atoms with Crippen LogP contribution in [0.25, 0.3) is 0 Å². The van der Waals surface area contributed by atoms with Crippen LogP contribution >= 0.6 is 0 Å². The summed E-state index contributed by atoms with van der Waals surface area (Å²) >= 11 is 0. The molecule has 0 spiro atoms. The van der Waals surface area contributed by atoms with E-state index in [-0.39, 0.29) is 5.91 Å². The molecule has 0 aliphatic carbocycles. The number of amides is 1. The quantitative estimate of drug-likeness (QED) is 0.845. The van der Waals surface area contributed by atoms with E-state index in [1.807, 2.05) is 25.1 Å². The van der Waals surface area contributed by atoms with Gasteiger partial charge < -0.3 is 10.0 Å². The molecule has 1 aliphatic rings. The third-order valence-corrected chi connectivity index (χ3v) is 3.30. The van der Waals surface area contributed by atoms with Gasteiger partial charge in [-0.1, -0.05) is 13.0 Å². The molecule has 1 saturated heterocycles. The van der Waals surface area contributed by atoms with E-state index >= 15 is 0 Å². The fraction of sp³-hybridized carbons (Fsp3) is 0.538. The summed E-state index contributed by atoms with van der Waals surface area (Å²) in [6.07, 6.45) is 3.58. The van der Waals surface area contributed by atoms with Crippen molar-refractivity contribution >= 4 is 5.91 Å². The fourth-order valence-corrected chi connectivity index (χ4v) is 2.00. The highest BCUT2D eigenvalue weighted by atomic mass is 16.3. The molecule has 17 heavy (non-hydrogen) atoms. The highest BCUT2D eigenvalue weighted by Crippen LogP contribution is 2.24. The summed E-state index contributed by atoms with van der Waals surface area (Å²) in [6, 6.07) is 5.71. The summed E-state index contributed by atoms with van der Waals surface area (Å²) in [5.41, 5.74) is 0.299. The van der Waals surface area contributed by atoms with Crippen LogP contribution in [-0.2, 0) is 11.2 Å². The normalized spacial score (nSPS) is 17.6. The molecule has 4 heteroatoms. The van der Waals surface area contributed by atoms with Gasteiger partial charge in [0.25, 0.3) is 0 Å². The number of carbonyl (C=O) groups excluding carboxylic acids is 1. The number of pyridine rings is 1. The second-order valence-electron chi connectivity index (χ2n) is 4.65. The molecule has 0 unspecified atom stereocenters. The Balaban J connectivity index is 1.76. The first kappa shape index (κ1) is 12.0. The average Bonchev–Trinajstić information content (AvgIpc) is 2.33. The van der Waals surface area contributed by atoms with Crippen LogP contribution in [0.1, 0.15) is 25.5 Å². The Labute approximate surface area is 101 Å². The molecule has 2 heterocycles. The average molecular weight is 234 g/mol. The van der Waals surface area contributed by atoms with Crippen LogP contribution in [-0.4, -0.2) is 39.6 Å². The minimum Gasteiger partial charge on any atom is -0.386 e. The van der Waals surface area contributed by atoms with Gasteiger partial charge in [-0.05, 0) is 25.0 Å². The Morgan fingerprint density at radius 1 is 1.53 bits per heavy atom. The number of nitrogens with zero attached hydrogens (tertiary/aromatic N) is 2. The molecule has 1 aromatic rings. The van der Waals surface area contributed by atoms with Crippen LogP contribution in [0.3, 0.4) is 0 Å². The van der Waals surface area contributed by atoms with Crippen LogP contribution in [0, 0.1) is 0 Å². The monoisotopic (exact) mass is 234 g/mol. The van der Waals surface area contributed by atoms with Gasteiger partial charge in [-0.15, -0.1) is 0 Å². The lowest BCUT2D eigenvalue weighted by Gasteiger charge is -2.46. The molecule has 2 rings (SSSR count). The van der Waals surface area contributed by atoms with Gasteiger partial charge in [0.05, 0.1) is 18.7 Å². The molecule has 0 atom stereocenters. The van der Waals surface area contributed by atoms with Gasteiger partial charge in [0.1, 0.15) is 0 Å². The predicted molar refractivity (Wildman–Crippen MR) is 64.4 cm³/mol. The van der Waals surface area contributed by atoms with Crippen molar-refractivity contribution in [2.75, 3.05) is 13.1 Å². The molecule has 1 aromatic heterocycles. The number of β-amino-alcohol motifs (C(OH)–C–C–N with tert-alkyl or cyclic N) is 1. The number of carbonyl (C=O) groups is 1. The minimum atomic E-state index is -0.638. The van der Waals surface area contributed by atoms with Gasteiger partial charge in [0.15, 0.2) is 0 Å². The molecule has 0 aromatic carbocycles. The summed E-state index contributed by atoms with van der Waals surface area (Å²) in [6.45, 7) is 2.89. The molecule has 1 aliphatic heterocycles. The summed E-state index contributed by atoms with van der Waals surface area (Å²) in [7, 11) is 0. The third-order valence-electron chi connectivity index (χ3n) is 3.30. The number of aryl methyl sites for hydroxylation is 1. The Morgan fingerprint density at radius 3 is 2.88 bits per heavy atom. The second kappa shape index (κ2) is 4.84. The van der Waals surface area contributed by atoms with Crippen LogP contribution in [0.15, 0.2) is 24.4 Å². The molecule has 0 radical (unpaired) electrons. The first-order valence-corrected chi connectivity index (χ1v) is 6.03. The van der Waals surface area contributed by atoms with Crippen LogP contribution in [0.2, 0.25) is 0 Å². The zero-order chi connectivity index (χ0) is 12.3. The Morgan fingerprint density at radius 2 is 2.29 bits per heavy atom. The van der Waals surface area contributed by atoms with Crippen molar-refractivity contribution in [1.29, 1.82) is 0 Å². The van der Waals surface area contributed by atoms with E-state index in [9.17, 15) is 9.90 Å². The highest BCUT2D eigenvalue weighted by molar-refractivity contribution is 5.77.